The second-order valence-electron chi connectivity index (χ2n) is 6.41. The number of H-pyrrole nitrogens is 1. The number of aromatic amines is 1. The van der Waals surface area contributed by atoms with E-state index < -0.39 is 11.5 Å². The van der Waals surface area contributed by atoms with Crippen molar-refractivity contribution in [1.29, 1.82) is 0 Å². The van der Waals surface area contributed by atoms with E-state index in [-0.39, 0.29) is 30.0 Å². The summed E-state index contributed by atoms with van der Waals surface area (Å²) < 4.78 is 18.1. The van der Waals surface area contributed by atoms with Crippen LogP contribution in [0.3, 0.4) is 0 Å². The minimum atomic E-state index is -0.437. The lowest BCUT2D eigenvalue weighted by molar-refractivity contribution is 0.0378. The van der Waals surface area contributed by atoms with Gasteiger partial charge in [-0.05, 0) is 49.7 Å². The Kier molecular flexibility index (Phi) is 5.78. The van der Waals surface area contributed by atoms with Crippen molar-refractivity contribution < 1.29 is 13.9 Å². The van der Waals surface area contributed by atoms with Crippen LogP contribution in [0.5, 0.6) is 0 Å². The zero-order valence-corrected chi connectivity index (χ0v) is 15.4. The molecule has 0 aliphatic heterocycles. The van der Waals surface area contributed by atoms with Gasteiger partial charge in [0.2, 0.25) is 5.95 Å². The Balaban J connectivity index is 1.73. The van der Waals surface area contributed by atoms with Gasteiger partial charge in [0.05, 0.1) is 11.7 Å². The van der Waals surface area contributed by atoms with Gasteiger partial charge in [0, 0.05) is 12.1 Å². The number of halogens is 1. The molecule has 0 amide bonds. The highest BCUT2D eigenvalue weighted by Crippen LogP contribution is 2.15. The van der Waals surface area contributed by atoms with E-state index in [4.69, 9.17) is 4.74 Å². The lowest BCUT2D eigenvalue weighted by Crippen LogP contribution is -2.19. The molecule has 28 heavy (non-hydrogen) atoms. The average Bonchev–Trinajstić information content (AvgIpc) is 2.65. The Morgan fingerprint density at radius 3 is 2.61 bits per heavy atom. The molecule has 0 bridgehead atoms. The number of carbonyl (C=O) groups excluding carboxylic acids is 1. The minimum Gasteiger partial charge on any atom is -0.459 e. The van der Waals surface area contributed by atoms with E-state index in [0.29, 0.717) is 11.3 Å². The number of aromatic nitrogens is 3. The van der Waals surface area contributed by atoms with Crippen molar-refractivity contribution in [3.8, 4) is 0 Å². The third kappa shape index (κ3) is 5.00. The van der Waals surface area contributed by atoms with Crippen molar-refractivity contribution >= 4 is 17.6 Å². The molecular formula is C20H19FN4O3. The Hall–Kier alpha value is -3.55. The molecule has 0 spiro atoms. The monoisotopic (exact) mass is 382 g/mol. The number of carbonyl (C=O) groups is 1. The molecule has 0 unspecified atom stereocenters. The molecule has 2 aromatic carbocycles. The molecular weight excluding hydrogens is 363 g/mol. The standard InChI is InChI=1S/C20H19FN4O3/c1-12(2)28-19(27)14-4-3-5-16(11-14)22-20-23-18(26)17(24-25-20)10-13-6-8-15(21)9-7-13/h3-9,11-12H,10H2,1-2H3,(H2,22,23,25,26). The molecule has 3 aromatic rings. The van der Waals surface area contributed by atoms with Crippen molar-refractivity contribution in [2.24, 2.45) is 0 Å². The Morgan fingerprint density at radius 2 is 1.93 bits per heavy atom. The van der Waals surface area contributed by atoms with E-state index >= 15 is 0 Å². The summed E-state index contributed by atoms with van der Waals surface area (Å²) in [5.41, 5.74) is 1.48. The molecule has 8 heteroatoms. The Labute approximate surface area is 160 Å². The van der Waals surface area contributed by atoms with E-state index in [1.807, 2.05) is 0 Å². The van der Waals surface area contributed by atoms with Crippen LogP contribution in [0.2, 0.25) is 0 Å². The summed E-state index contributed by atoms with van der Waals surface area (Å²) in [4.78, 5) is 26.9. The fraction of sp³-hybridized carbons (Fsp3) is 0.200. The number of ether oxygens (including phenoxy) is 1. The van der Waals surface area contributed by atoms with Crippen LogP contribution in [-0.4, -0.2) is 27.3 Å². The second-order valence-corrected chi connectivity index (χ2v) is 6.41. The maximum absolute atomic E-state index is 13.0. The van der Waals surface area contributed by atoms with Crippen LogP contribution in [0.25, 0.3) is 0 Å². The van der Waals surface area contributed by atoms with E-state index in [9.17, 15) is 14.0 Å². The van der Waals surface area contributed by atoms with E-state index in [1.165, 1.54) is 12.1 Å². The first-order chi connectivity index (χ1) is 13.4. The summed E-state index contributed by atoms with van der Waals surface area (Å²) in [6.07, 6.45) is 0.0133. The molecule has 0 fully saturated rings. The Morgan fingerprint density at radius 1 is 1.18 bits per heavy atom. The van der Waals surface area contributed by atoms with Gasteiger partial charge in [-0.3, -0.25) is 9.78 Å². The van der Waals surface area contributed by atoms with Crippen LogP contribution in [0.4, 0.5) is 16.0 Å². The summed E-state index contributed by atoms with van der Waals surface area (Å²) in [7, 11) is 0. The van der Waals surface area contributed by atoms with E-state index in [0.717, 1.165) is 5.56 Å². The molecule has 0 saturated heterocycles. The summed E-state index contributed by atoms with van der Waals surface area (Å²) >= 11 is 0. The van der Waals surface area contributed by atoms with Crippen molar-refractivity contribution in [1.82, 2.24) is 15.2 Å². The molecule has 0 radical (unpaired) electrons. The quantitative estimate of drug-likeness (QED) is 0.636. The van der Waals surface area contributed by atoms with Gasteiger partial charge >= 0.3 is 5.97 Å². The average molecular weight is 382 g/mol. The summed E-state index contributed by atoms with van der Waals surface area (Å²) in [5.74, 6) is -0.641. The van der Waals surface area contributed by atoms with Crippen LogP contribution in [0.15, 0.2) is 53.3 Å². The lowest BCUT2D eigenvalue weighted by Gasteiger charge is -2.10. The maximum atomic E-state index is 13.0. The zero-order valence-electron chi connectivity index (χ0n) is 15.4. The van der Waals surface area contributed by atoms with E-state index in [2.05, 4.69) is 20.5 Å². The van der Waals surface area contributed by atoms with E-state index in [1.54, 1.807) is 50.2 Å². The summed E-state index contributed by atoms with van der Waals surface area (Å²) in [6.45, 7) is 3.54. The van der Waals surface area contributed by atoms with Gasteiger partial charge in [-0.1, -0.05) is 18.2 Å². The van der Waals surface area contributed by atoms with Gasteiger partial charge in [0.25, 0.3) is 5.56 Å². The minimum absolute atomic E-state index is 0.141. The number of anilines is 2. The first-order valence-corrected chi connectivity index (χ1v) is 8.69. The molecule has 0 saturated carbocycles. The number of nitrogens with zero attached hydrogens (tertiary/aromatic N) is 2. The molecule has 1 heterocycles. The zero-order chi connectivity index (χ0) is 20.1. The first-order valence-electron chi connectivity index (χ1n) is 8.69. The summed E-state index contributed by atoms with van der Waals surface area (Å²) in [5, 5.41) is 10.8. The number of nitrogens with one attached hydrogen (secondary N) is 2. The number of hydrogen-bond donors (Lipinski definition) is 2. The normalized spacial score (nSPS) is 10.7. The highest BCUT2D eigenvalue weighted by atomic mass is 19.1. The fourth-order valence-corrected chi connectivity index (χ4v) is 2.47. The third-order valence-electron chi connectivity index (χ3n) is 3.75. The fourth-order valence-electron chi connectivity index (χ4n) is 2.47. The first kappa shape index (κ1) is 19.2. The number of esters is 1. The van der Waals surface area contributed by atoms with Gasteiger partial charge in [0.1, 0.15) is 11.5 Å². The summed E-state index contributed by atoms with van der Waals surface area (Å²) in [6, 6.07) is 12.5. The van der Waals surface area contributed by atoms with Crippen LogP contribution >= 0.6 is 0 Å². The highest BCUT2D eigenvalue weighted by molar-refractivity contribution is 5.90. The maximum Gasteiger partial charge on any atom is 0.338 e. The number of hydrogen-bond acceptors (Lipinski definition) is 6. The molecule has 0 aliphatic carbocycles. The van der Waals surface area contributed by atoms with Crippen molar-refractivity contribution in [3.63, 3.8) is 0 Å². The predicted octanol–water partition coefficient (Wildman–Crippen LogP) is 3.20. The van der Waals surface area contributed by atoms with Gasteiger partial charge in [0.15, 0.2) is 0 Å². The molecule has 7 nitrogen and oxygen atoms in total. The molecule has 144 valence electrons. The molecule has 0 atom stereocenters. The van der Waals surface area contributed by atoms with Crippen LogP contribution < -0.4 is 10.9 Å². The lowest BCUT2D eigenvalue weighted by atomic mass is 10.1. The third-order valence-corrected chi connectivity index (χ3v) is 3.75. The molecule has 1 aromatic heterocycles. The van der Waals surface area contributed by atoms with Crippen LogP contribution in [0, 0.1) is 5.82 Å². The molecule has 0 aliphatic rings. The number of benzene rings is 2. The molecule has 3 rings (SSSR count). The predicted molar refractivity (Wildman–Crippen MR) is 102 cm³/mol. The van der Waals surface area contributed by atoms with Crippen molar-refractivity contribution in [2.75, 3.05) is 5.32 Å². The van der Waals surface area contributed by atoms with Gasteiger partial charge in [-0.25, -0.2) is 9.18 Å². The Bertz CT molecular complexity index is 1030. The van der Waals surface area contributed by atoms with Crippen molar-refractivity contribution in [2.45, 2.75) is 26.4 Å². The largest absolute Gasteiger partial charge is 0.459 e. The highest BCUT2D eigenvalue weighted by Gasteiger charge is 2.11. The smallest absolute Gasteiger partial charge is 0.338 e. The second kappa shape index (κ2) is 8.43. The topological polar surface area (TPSA) is 97.0 Å². The molecule has 2 N–H and O–H groups in total. The SMILES string of the molecule is CC(C)OC(=O)c1cccc(Nc2nnc(Cc3ccc(F)cc3)c(=O)[nH]2)c1. The van der Waals surface area contributed by atoms with Crippen molar-refractivity contribution in [3.05, 3.63) is 81.5 Å². The van der Waals surface area contributed by atoms with Gasteiger partial charge < -0.3 is 10.1 Å². The van der Waals surface area contributed by atoms with Gasteiger partial charge in [-0.2, -0.15) is 0 Å². The van der Waals surface area contributed by atoms with Crippen LogP contribution in [0.1, 0.15) is 35.5 Å². The van der Waals surface area contributed by atoms with Crippen LogP contribution in [-0.2, 0) is 11.2 Å². The van der Waals surface area contributed by atoms with Gasteiger partial charge in [-0.15, -0.1) is 10.2 Å². The number of rotatable bonds is 6.